The summed E-state index contributed by atoms with van der Waals surface area (Å²) in [5.41, 5.74) is 0. The van der Waals surface area contributed by atoms with Crippen LogP contribution in [0.25, 0.3) is 0 Å². The van der Waals surface area contributed by atoms with Crippen molar-refractivity contribution in [1.29, 1.82) is 0 Å². The van der Waals surface area contributed by atoms with Gasteiger partial charge in [0.05, 0.1) is 0 Å². The van der Waals surface area contributed by atoms with Gasteiger partial charge in [-0.25, -0.2) is 4.79 Å². The first-order chi connectivity index (χ1) is 7.97. The van der Waals surface area contributed by atoms with Crippen molar-refractivity contribution in [2.75, 3.05) is 0 Å². The van der Waals surface area contributed by atoms with Crippen molar-refractivity contribution in [2.45, 2.75) is 38.1 Å². The minimum Gasteiger partial charge on any atom is -0.481 e. The molecule has 1 amide bonds. The van der Waals surface area contributed by atoms with Gasteiger partial charge in [0.2, 0.25) is 5.91 Å². The fourth-order valence-electron chi connectivity index (χ4n) is 1.17. The quantitative estimate of drug-likeness (QED) is 0.527. The van der Waals surface area contributed by atoms with Gasteiger partial charge in [-0.15, -0.1) is 12.3 Å². The second-order valence-electron chi connectivity index (χ2n) is 3.45. The summed E-state index contributed by atoms with van der Waals surface area (Å²) < 4.78 is 0. The van der Waals surface area contributed by atoms with Gasteiger partial charge in [0.15, 0.2) is 0 Å². The Kier molecular flexibility index (Phi) is 7.19. The Balaban J connectivity index is 4.07. The van der Waals surface area contributed by atoms with E-state index in [2.05, 4.69) is 11.2 Å². The predicted octanol–water partition coefficient (Wildman–Crippen LogP) is 0.224. The molecular weight excluding hydrogens is 226 g/mol. The van der Waals surface area contributed by atoms with E-state index in [1.54, 1.807) is 0 Å². The molecule has 0 radical (unpaired) electrons. The van der Waals surface area contributed by atoms with E-state index in [0.29, 0.717) is 0 Å². The summed E-state index contributed by atoms with van der Waals surface area (Å²) in [6.45, 7) is 0. The Labute approximate surface area is 99.0 Å². The van der Waals surface area contributed by atoms with Crippen LogP contribution in [0, 0.1) is 12.3 Å². The van der Waals surface area contributed by atoms with Crippen molar-refractivity contribution >= 4 is 17.8 Å². The van der Waals surface area contributed by atoms with E-state index in [1.807, 2.05) is 0 Å². The SMILES string of the molecule is C#CCCC(=O)N[C@H](CCCC(=O)O)C(=O)O. The third kappa shape index (κ3) is 7.85. The number of aliphatic carboxylic acids is 2. The maximum absolute atomic E-state index is 11.2. The molecular formula is C11H15NO5. The lowest BCUT2D eigenvalue weighted by molar-refractivity contribution is -0.142. The van der Waals surface area contributed by atoms with Crippen molar-refractivity contribution in [3.8, 4) is 12.3 Å². The lowest BCUT2D eigenvalue weighted by atomic mass is 10.1. The van der Waals surface area contributed by atoms with Crippen LogP contribution in [0.2, 0.25) is 0 Å². The smallest absolute Gasteiger partial charge is 0.326 e. The zero-order chi connectivity index (χ0) is 13.3. The first-order valence-corrected chi connectivity index (χ1v) is 5.14. The number of carbonyl (C=O) groups excluding carboxylic acids is 1. The van der Waals surface area contributed by atoms with Crippen LogP contribution < -0.4 is 5.32 Å². The highest BCUT2D eigenvalue weighted by Gasteiger charge is 2.19. The van der Waals surface area contributed by atoms with Crippen LogP contribution in [0.15, 0.2) is 0 Å². The van der Waals surface area contributed by atoms with Gasteiger partial charge < -0.3 is 15.5 Å². The molecule has 0 heterocycles. The van der Waals surface area contributed by atoms with Crippen LogP contribution in [0.3, 0.4) is 0 Å². The van der Waals surface area contributed by atoms with Crippen LogP contribution in [-0.2, 0) is 14.4 Å². The number of rotatable bonds is 8. The Morgan fingerprint density at radius 3 is 2.35 bits per heavy atom. The molecule has 0 rings (SSSR count). The number of terminal acetylenes is 1. The fourth-order valence-corrected chi connectivity index (χ4v) is 1.17. The zero-order valence-electron chi connectivity index (χ0n) is 9.31. The van der Waals surface area contributed by atoms with E-state index in [-0.39, 0.29) is 32.1 Å². The Hall–Kier alpha value is -2.03. The molecule has 0 aliphatic rings. The number of nitrogens with one attached hydrogen (secondary N) is 1. The molecule has 0 aromatic heterocycles. The van der Waals surface area contributed by atoms with Crippen LogP contribution in [0.1, 0.15) is 32.1 Å². The van der Waals surface area contributed by atoms with Crippen molar-refractivity contribution in [3.05, 3.63) is 0 Å². The first kappa shape index (κ1) is 15.0. The summed E-state index contributed by atoms with van der Waals surface area (Å²) in [6, 6.07) is -1.06. The number of carbonyl (C=O) groups is 3. The summed E-state index contributed by atoms with van der Waals surface area (Å²) in [6.07, 6.45) is 5.44. The zero-order valence-corrected chi connectivity index (χ0v) is 9.31. The predicted molar refractivity (Wildman–Crippen MR) is 59.1 cm³/mol. The van der Waals surface area contributed by atoms with Gasteiger partial charge in [0.1, 0.15) is 6.04 Å². The van der Waals surface area contributed by atoms with Crippen LogP contribution >= 0.6 is 0 Å². The maximum Gasteiger partial charge on any atom is 0.326 e. The number of carboxylic acids is 2. The van der Waals surface area contributed by atoms with E-state index in [4.69, 9.17) is 16.6 Å². The van der Waals surface area contributed by atoms with Gasteiger partial charge in [0, 0.05) is 19.3 Å². The molecule has 0 aliphatic carbocycles. The largest absolute Gasteiger partial charge is 0.481 e. The third-order valence-corrected chi connectivity index (χ3v) is 2.01. The fraction of sp³-hybridized carbons (Fsp3) is 0.545. The first-order valence-electron chi connectivity index (χ1n) is 5.14. The monoisotopic (exact) mass is 241 g/mol. The highest BCUT2D eigenvalue weighted by molar-refractivity contribution is 5.83. The van der Waals surface area contributed by atoms with Crippen molar-refractivity contribution in [1.82, 2.24) is 5.32 Å². The molecule has 6 heteroatoms. The van der Waals surface area contributed by atoms with Gasteiger partial charge in [-0.1, -0.05) is 0 Å². The van der Waals surface area contributed by atoms with Crippen LogP contribution in [0.5, 0.6) is 0 Å². The highest BCUT2D eigenvalue weighted by Crippen LogP contribution is 2.02. The molecule has 0 saturated carbocycles. The minimum absolute atomic E-state index is 0.0687. The average molecular weight is 241 g/mol. The molecule has 17 heavy (non-hydrogen) atoms. The van der Waals surface area contributed by atoms with Crippen molar-refractivity contribution in [2.24, 2.45) is 0 Å². The molecule has 0 aromatic carbocycles. The summed E-state index contributed by atoms with van der Waals surface area (Å²) in [7, 11) is 0. The minimum atomic E-state index is -1.18. The topological polar surface area (TPSA) is 104 Å². The van der Waals surface area contributed by atoms with E-state index < -0.39 is 23.9 Å². The van der Waals surface area contributed by atoms with Crippen molar-refractivity contribution in [3.63, 3.8) is 0 Å². The summed E-state index contributed by atoms with van der Waals surface area (Å²) in [5, 5.41) is 19.5. The second kappa shape index (κ2) is 8.16. The molecule has 0 aliphatic heterocycles. The van der Waals surface area contributed by atoms with E-state index in [1.165, 1.54) is 0 Å². The summed E-state index contributed by atoms with van der Waals surface area (Å²) in [5.74, 6) is -0.335. The van der Waals surface area contributed by atoms with Gasteiger partial charge in [-0.2, -0.15) is 0 Å². The molecule has 1 atom stereocenters. The maximum atomic E-state index is 11.2. The molecule has 0 aromatic rings. The van der Waals surface area contributed by atoms with Gasteiger partial charge in [-0.3, -0.25) is 9.59 Å². The average Bonchev–Trinajstić information content (AvgIpc) is 2.24. The molecule has 0 bridgehead atoms. The summed E-state index contributed by atoms with van der Waals surface area (Å²) in [4.78, 5) is 32.3. The summed E-state index contributed by atoms with van der Waals surface area (Å²) >= 11 is 0. The molecule has 0 saturated heterocycles. The lowest BCUT2D eigenvalue weighted by Crippen LogP contribution is -2.40. The van der Waals surface area contributed by atoms with Crippen LogP contribution in [0.4, 0.5) is 0 Å². The number of hydrogen-bond acceptors (Lipinski definition) is 3. The van der Waals surface area contributed by atoms with Crippen LogP contribution in [-0.4, -0.2) is 34.1 Å². The van der Waals surface area contributed by atoms with E-state index in [9.17, 15) is 14.4 Å². The van der Waals surface area contributed by atoms with Gasteiger partial charge >= 0.3 is 11.9 Å². The molecule has 0 unspecified atom stereocenters. The lowest BCUT2D eigenvalue weighted by Gasteiger charge is -2.13. The molecule has 0 fully saturated rings. The third-order valence-electron chi connectivity index (χ3n) is 2.01. The molecule has 3 N–H and O–H groups in total. The number of amides is 1. The molecule has 0 spiro atoms. The van der Waals surface area contributed by atoms with E-state index >= 15 is 0 Å². The Morgan fingerprint density at radius 1 is 1.24 bits per heavy atom. The van der Waals surface area contributed by atoms with Gasteiger partial charge in [0.25, 0.3) is 0 Å². The number of carboxylic acid groups (broad SMARTS) is 2. The molecule has 6 nitrogen and oxygen atoms in total. The Bertz CT molecular complexity index is 331. The van der Waals surface area contributed by atoms with Crippen molar-refractivity contribution < 1.29 is 24.6 Å². The van der Waals surface area contributed by atoms with E-state index in [0.717, 1.165) is 0 Å². The Morgan fingerprint density at radius 2 is 1.88 bits per heavy atom. The van der Waals surface area contributed by atoms with Gasteiger partial charge in [-0.05, 0) is 12.8 Å². The second-order valence-corrected chi connectivity index (χ2v) is 3.45. The molecule has 94 valence electrons. The standard InChI is InChI=1S/C11H15NO5/c1-2-3-6-9(13)12-8(11(16)17)5-4-7-10(14)15/h1,8H,3-7H2,(H,12,13)(H,14,15)(H,16,17)/t8-/m1/s1. The normalized spacial score (nSPS) is 11.2. The number of hydrogen-bond donors (Lipinski definition) is 3. The highest BCUT2D eigenvalue weighted by atomic mass is 16.4.